The zero-order valence-electron chi connectivity index (χ0n) is 15.1. The predicted octanol–water partition coefficient (Wildman–Crippen LogP) is 5.97. The normalized spacial score (nSPS) is 11.1. The quantitative estimate of drug-likeness (QED) is 0.327. The molecule has 4 aromatic rings. The number of benzene rings is 3. The minimum Gasteiger partial charge on any atom is -0.267 e. The summed E-state index contributed by atoms with van der Waals surface area (Å²) in [4.78, 5) is 17.6. The van der Waals surface area contributed by atoms with Gasteiger partial charge in [0.25, 0.3) is 5.91 Å². The maximum Gasteiger partial charge on any atom is 0.272 e. The van der Waals surface area contributed by atoms with Crippen LogP contribution in [-0.2, 0) is 0 Å². The van der Waals surface area contributed by atoms with E-state index in [9.17, 15) is 4.79 Å². The van der Waals surface area contributed by atoms with Crippen molar-refractivity contribution in [2.45, 2.75) is 0 Å². The maximum absolute atomic E-state index is 12.9. The van der Waals surface area contributed by atoms with Crippen molar-refractivity contribution >= 4 is 46.2 Å². The van der Waals surface area contributed by atoms with Gasteiger partial charge in [-0.15, -0.1) is 0 Å². The fraction of sp³-hybridized carbons (Fsp3) is 0. The van der Waals surface area contributed by atoms with Gasteiger partial charge in [-0.2, -0.15) is 5.10 Å². The van der Waals surface area contributed by atoms with Crippen molar-refractivity contribution in [1.82, 2.24) is 10.4 Å². The van der Waals surface area contributed by atoms with E-state index in [2.05, 4.69) is 15.5 Å². The van der Waals surface area contributed by atoms with E-state index in [-0.39, 0.29) is 5.91 Å². The molecule has 4 rings (SSSR count). The number of hydrogen-bond donors (Lipinski definition) is 1. The molecule has 142 valence electrons. The number of para-hydroxylation sites is 1. The monoisotopic (exact) mass is 419 g/mol. The number of halogens is 2. The van der Waals surface area contributed by atoms with Crippen molar-refractivity contribution in [1.29, 1.82) is 0 Å². The number of nitrogens with one attached hydrogen (secondary N) is 1. The van der Waals surface area contributed by atoms with E-state index in [1.807, 2.05) is 60.7 Å². The number of rotatable bonds is 4. The number of hydrogen-bond acceptors (Lipinski definition) is 3. The molecule has 4 nitrogen and oxygen atoms in total. The Hall–Kier alpha value is -3.21. The second-order valence-corrected chi connectivity index (χ2v) is 7.09. The molecule has 0 aliphatic rings. The lowest BCUT2D eigenvalue weighted by molar-refractivity contribution is 0.0956. The molecule has 0 unspecified atom stereocenters. The van der Waals surface area contributed by atoms with E-state index in [0.717, 1.165) is 10.9 Å². The molecule has 0 atom stereocenters. The first kappa shape index (κ1) is 19.1. The third-order valence-electron chi connectivity index (χ3n) is 4.39. The molecule has 1 heterocycles. The highest BCUT2D eigenvalue weighted by molar-refractivity contribution is 6.33. The average molecular weight is 420 g/mol. The van der Waals surface area contributed by atoms with Gasteiger partial charge < -0.3 is 0 Å². The highest BCUT2D eigenvalue weighted by Crippen LogP contribution is 2.29. The van der Waals surface area contributed by atoms with Gasteiger partial charge in [0.1, 0.15) is 0 Å². The molecule has 3 aromatic carbocycles. The summed E-state index contributed by atoms with van der Waals surface area (Å²) in [6.45, 7) is 0. The third kappa shape index (κ3) is 4.14. The Labute approximate surface area is 177 Å². The summed E-state index contributed by atoms with van der Waals surface area (Å²) in [5.74, 6) is -0.347. The molecule has 6 heteroatoms. The van der Waals surface area contributed by atoms with Crippen LogP contribution in [0.4, 0.5) is 0 Å². The highest BCUT2D eigenvalue weighted by Gasteiger charge is 2.14. The standard InChI is InChI=1S/C23H15Cl2N3O/c24-19-10-4-1-7-15(19)14-26-28-23(29)18-13-22(17-9-2-5-11-20(17)25)27-21-12-6-3-8-16(18)21/h1-14H,(H,28,29)/b26-14+. The molecule has 0 fully saturated rings. The molecule has 1 N–H and O–H groups in total. The first-order valence-electron chi connectivity index (χ1n) is 8.86. The van der Waals surface area contributed by atoms with Crippen molar-refractivity contribution in [2.75, 3.05) is 0 Å². The molecule has 0 aliphatic heterocycles. The Morgan fingerprint density at radius 1 is 0.897 bits per heavy atom. The fourth-order valence-electron chi connectivity index (χ4n) is 2.97. The number of nitrogens with zero attached hydrogens (tertiary/aromatic N) is 2. The SMILES string of the molecule is O=C(N/N=C/c1ccccc1Cl)c1cc(-c2ccccc2Cl)nc2ccccc12. The number of amides is 1. The number of carbonyl (C=O) groups is 1. The summed E-state index contributed by atoms with van der Waals surface area (Å²) >= 11 is 12.4. The predicted molar refractivity (Wildman–Crippen MR) is 119 cm³/mol. The Bertz CT molecular complexity index is 1240. The van der Waals surface area contributed by atoms with E-state index in [1.54, 1.807) is 18.2 Å². The van der Waals surface area contributed by atoms with Gasteiger partial charge in [-0.25, -0.2) is 10.4 Å². The van der Waals surface area contributed by atoms with E-state index in [0.29, 0.717) is 32.4 Å². The average Bonchev–Trinajstić information content (AvgIpc) is 2.74. The van der Waals surface area contributed by atoms with Crippen molar-refractivity contribution in [2.24, 2.45) is 5.10 Å². The molecule has 0 radical (unpaired) electrons. The lowest BCUT2D eigenvalue weighted by Crippen LogP contribution is -2.18. The van der Waals surface area contributed by atoms with Crippen LogP contribution in [0.25, 0.3) is 22.2 Å². The van der Waals surface area contributed by atoms with Gasteiger partial charge in [0.05, 0.1) is 23.0 Å². The number of carbonyl (C=O) groups excluding carboxylic acids is 1. The molecule has 1 amide bonds. The molecular formula is C23H15Cl2N3O. The van der Waals surface area contributed by atoms with E-state index >= 15 is 0 Å². The van der Waals surface area contributed by atoms with Crippen LogP contribution < -0.4 is 5.43 Å². The van der Waals surface area contributed by atoms with Gasteiger partial charge in [-0.3, -0.25) is 4.79 Å². The molecule has 1 aromatic heterocycles. The van der Waals surface area contributed by atoms with Crippen molar-refractivity contribution in [3.05, 3.63) is 100 Å². The first-order chi connectivity index (χ1) is 14.1. The molecule has 0 aliphatic carbocycles. The van der Waals surface area contributed by atoms with Crippen molar-refractivity contribution < 1.29 is 4.79 Å². The number of fused-ring (bicyclic) bond motifs is 1. The molecule has 0 saturated heterocycles. The summed E-state index contributed by atoms with van der Waals surface area (Å²) in [5.41, 5.74) is 5.82. The highest BCUT2D eigenvalue weighted by atomic mass is 35.5. The van der Waals surface area contributed by atoms with Gasteiger partial charge >= 0.3 is 0 Å². The van der Waals surface area contributed by atoms with Crippen LogP contribution in [0.5, 0.6) is 0 Å². The molecule has 29 heavy (non-hydrogen) atoms. The summed E-state index contributed by atoms with van der Waals surface area (Å²) in [5, 5.41) is 5.90. The van der Waals surface area contributed by atoms with Crippen LogP contribution >= 0.6 is 23.2 Å². The minimum atomic E-state index is -0.347. The van der Waals surface area contributed by atoms with E-state index in [1.165, 1.54) is 6.21 Å². The van der Waals surface area contributed by atoms with Crippen molar-refractivity contribution in [3.8, 4) is 11.3 Å². The van der Waals surface area contributed by atoms with Crippen LogP contribution in [0.2, 0.25) is 10.0 Å². The number of hydrazone groups is 1. The topological polar surface area (TPSA) is 54.4 Å². The van der Waals surface area contributed by atoms with Crippen molar-refractivity contribution in [3.63, 3.8) is 0 Å². The smallest absolute Gasteiger partial charge is 0.267 e. The Morgan fingerprint density at radius 3 is 2.38 bits per heavy atom. The van der Waals surface area contributed by atoms with Crippen LogP contribution in [0, 0.1) is 0 Å². The van der Waals surface area contributed by atoms with Crippen LogP contribution in [0.15, 0.2) is 84.0 Å². The Morgan fingerprint density at radius 2 is 1.59 bits per heavy atom. The summed E-state index contributed by atoms with van der Waals surface area (Å²) < 4.78 is 0. The summed E-state index contributed by atoms with van der Waals surface area (Å²) in [7, 11) is 0. The molecule has 0 bridgehead atoms. The lowest BCUT2D eigenvalue weighted by atomic mass is 10.0. The summed E-state index contributed by atoms with van der Waals surface area (Å²) in [6, 6.07) is 23.8. The van der Waals surface area contributed by atoms with Gasteiger partial charge in [0.15, 0.2) is 0 Å². The van der Waals surface area contributed by atoms with Crippen LogP contribution in [0.3, 0.4) is 0 Å². The largest absolute Gasteiger partial charge is 0.272 e. The Balaban J connectivity index is 1.71. The minimum absolute atomic E-state index is 0.347. The zero-order valence-corrected chi connectivity index (χ0v) is 16.7. The van der Waals surface area contributed by atoms with E-state index in [4.69, 9.17) is 23.2 Å². The van der Waals surface area contributed by atoms with Gasteiger partial charge in [-0.05, 0) is 24.3 Å². The second-order valence-electron chi connectivity index (χ2n) is 6.27. The van der Waals surface area contributed by atoms with E-state index < -0.39 is 0 Å². The Kier molecular flexibility index (Phi) is 5.56. The number of aromatic nitrogens is 1. The number of pyridine rings is 1. The second kappa shape index (κ2) is 8.43. The van der Waals surface area contributed by atoms with Crippen LogP contribution in [-0.4, -0.2) is 17.1 Å². The molecular weight excluding hydrogens is 405 g/mol. The lowest BCUT2D eigenvalue weighted by Gasteiger charge is -2.10. The van der Waals surface area contributed by atoms with Gasteiger partial charge in [-0.1, -0.05) is 77.8 Å². The third-order valence-corrected chi connectivity index (χ3v) is 5.06. The van der Waals surface area contributed by atoms with Crippen LogP contribution in [0.1, 0.15) is 15.9 Å². The van der Waals surface area contributed by atoms with Gasteiger partial charge in [0, 0.05) is 26.6 Å². The molecule has 0 spiro atoms. The zero-order chi connectivity index (χ0) is 20.2. The fourth-order valence-corrected chi connectivity index (χ4v) is 3.39. The van der Waals surface area contributed by atoms with Gasteiger partial charge in [0.2, 0.25) is 0 Å². The first-order valence-corrected chi connectivity index (χ1v) is 9.62. The molecule has 0 saturated carbocycles. The summed E-state index contributed by atoms with van der Waals surface area (Å²) in [6.07, 6.45) is 1.51. The maximum atomic E-state index is 12.9.